The zero-order valence-electron chi connectivity index (χ0n) is 17.2. The molecule has 0 radical (unpaired) electrons. The van der Waals surface area contributed by atoms with Gasteiger partial charge in [0.05, 0.1) is 11.7 Å². The molecule has 3 N–H and O–H groups in total. The molecule has 1 aliphatic rings. The van der Waals surface area contributed by atoms with E-state index in [1.54, 1.807) is 4.90 Å². The Kier molecular flexibility index (Phi) is 9.64. The van der Waals surface area contributed by atoms with Gasteiger partial charge >= 0.3 is 0 Å². The van der Waals surface area contributed by atoms with Gasteiger partial charge in [0.2, 0.25) is 5.91 Å². The number of unbranched alkanes of at least 4 members (excludes halogenated alkanes) is 2. The maximum atomic E-state index is 12.5. The average molecular weight is 421 g/mol. The lowest BCUT2D eigenvalue weighted by Gasteiger charge is -2.29. The fourth-order valence-electron chi connectivity index (χ4n) is 3.73. The maximum absolute atomic E-state index is 12.5. The summed E-state index contributed by atoms with van der Waals surface area (Å²) in [5, 5.41) is 7.53. The molecule has 1 saturated heterocycles. The van der Waals surface area contributed by atoms with Crippen LogP contribution >= 0.6 is 12.4 Å². The molecule has 6 nitrogen and oxygen atoms in total. The van der Waals surface area contributed by atoms with Crippen molar-refractivity contribution in [3.63, 3.8) is 0 Å². The van der Waals surface area contributed by atoms with E-state index in [-0.39, 0.29) is 24.2 Å². The highest BCUT2D eigenvalue weighted by Crippen LogP contribution is 2.19. The number of nitrogens with one attached hydrogen (secondary N) is 1. The molecule has 1 unspecified atom stereocenters. The number of aromatic nitrogens is 2. The van der Waals surface area contributed by atoms with Crippen molar-refractivity contribution in [2.24, 2.45) is 11.7 Å². The third kappa shape index (κ3) is 6.84. The van der Waals surface area contributed by atoms with Crippen molar-refractivity contribution in [1.82, 2.24) is 15.1 Å². The molecule has 3 rings (SSSR count). The van der Waals surface area contributed by atoms with Crippen LogP contribution in [0.25, 0.3) is 11.3 Å². The van der Waals surface area contributed by atoms with Crippen LogP contribution in [-0.4, -0.2) is 53.9 Å². The fraction of sp³-hybridized carbons (Fsp3) is 0.545. The predicted molar refractivity (Wildman–Crippen MR) is 118 cm³/mol. The number of aryl methyl sites for hydroxylation is 1. The molecule has 160 valence electrons. The molecule has 1 aromatic carbocycles. The zero-order chi connectivity index (χ0) is 19.8. The molecular formula is C22H33ClN4O2. The SMILES string of the molecule is CN(CCCCCc1cc(-c2ccccc2)n[nH]1)C(=O)C(N)C1CCOCC1.Cl. The van der Waals surface area contributed by atoms with Crippen LogP contribution in [-0.2, 0) is 16.0 Å². The largest absolute Gasteiger partial charge is 0.381 e. The van der Waals surface area contributed by atoms with Gasteiger partial charge in [-0.2, -0.15) is 5.10 Å². The van der Waals surface area contributed by atoms with Crippen molar-refractivity contribution >= 4 is 18.3 Å². The number of carbonyl (C=O) groups excluding carboxylic acids is 1. The summed E-state index contributed by atoms with van der Waals surface area (Å²) in [5.74, 6) is 0.316. The van der Waals surface area contributed by atoms with Crippen LogP contribution in [0.1, 0.15) is 37.8 Å². The van der Waals surface area contributed by atoms with Gasteiger partial charge in [0.1, 0.15) is 0 Å². The number of H-pyrrole nitrogens is 1. The monoisotopic (exact) mass is 420 g/mol. The number of rotatable bonds is 9. The molecule has 2 heterocycles. The van der Waals surface area contributed by atoms with Gasteiger partial charge in [-0.05, 0) is 44.1 Å². The number of likely N-dealkylation sites (N-methyl/N-ethyl adjacent to an activating group) is 1. The summed E-state index contributed by atoms with van der Waals surface area (Å²) in [4.78, 5) is 14.3. The van der Waals surface area contributed by atoms with E-state index in [1.807, 2.05) is 25.2 Å². The third-order valence-corrected chi connectivity index (χ3v) is 5.58. The summed E-state index contributed by atoms with van der Waals surface area (Å²) >= 11 is 0. The smallest absolute Gasteiger partial charge is 0.239 e. The Balaban J connectivity index is 0.00000300. The number of amides is 1. The Morgan fingerprint density at radius 2 is 1.97 bits per heavy atom. The lowest BCUT2D eigenvalue weighted by Crippen LogP contribution is -2.47. The molecule has 7 heteroatoms. The number of nitrogens with two attached hydrogens (primary N) is 1. The van der Waals surface area contributed by atoms with Crippen molar-refractivity contribution in [2.75, 3.05) is 26.8 Å². The van der Waals surface area contributed by atoms with Crippen molar-refractivity contribution in [2.45, 2.75) is 44.6 Å². The summed E-state index contributed by atoms with van der Waals surface area (Å²) in [6.45, 7) is 2.19. The molecule has 29 heavy (non-hydrogen) atoms. The van der Waals surface area contributed by atoms with Crippen LogP contribution in [0, 0.1) is 5.92 Å². The molecule has 2 aromatic rings. The first-order chi connectivity index (χ1) is 13.6. The van der Waals surface area contributed by atoms with Gasteiger partial charge in [-0.1, -0.05) is 36.8 Å². The number of nitrogens with zero attached hydrogens (tertiary/aromatic N) is 2. The Morgan fingerprint density at radius 3 is 2.69 bits per heavy atom. The number of hydrogen-bond donors (Lipinski definition) is 2. The summed E-state index contributed by atoms with van der Waals surface area (Å²) in [7, 11) is 1.86. The molecule has 1 atom stereocenters. The second kappa shape index (κ2) is 12.0. The summed E-state index contributed by atoms with van der Waals surface area (Å²) < 4.78 is 5.36. The van der Waals surface area contributed by atoms with E-state index in [0.29, 0.717) is 0 Å². The number of benzene rings is 1. The quantitative estimate of drug-likeness (QED) is 0.608. The Hall–Kier alpha value is -1.89. The highest BCUT2D eigenvalue weighted by Gasteiger charge is 2.28. The van der Waals surface area contributed by atoms with Gasteiger partial charge in [-0.15, -0.1) is 12.4 Å². The number of hydrogen-bond acceptors (Lipinski definition) is 4. The van der Waals surface area contributed by atoms with Crippen molar-refractivity contribution in [3.8, 4) is 11.3 Å². The second-order valence-corrected chi connectivity index (χ2v) is 7.69. The minimum Gasteiger partial charge on any atom is -0.381 e. The standard InChI is InChI=1S/C22H32N4O2.ClH/c1-26(22(27)21(23)18-11-14-28-15-12-18)13-7-3-6-10-19-16-20(25-24-19)17-8-4-2-5-9-17;/h2,4-5,8-9,16,18,21H,3,6-7,10-15,23H2,1H3,(H,24,25);1H. The first-order valence-electron chi connectivity index (χ1n) is 10.3. The van der Waals surface area contributed by atoms with Crippen molar-refractivity contribution in [1.29, 1.82) is 0 Å². The first kappa shape index (κ1) is 23.4. The van der Waals surface area contributed by atoms with E-state index < -0.39 is 6.04 Å². The van der Waals surface area contributed by atoms with Gasteiger partial charge < -0.3 is 15.4 Å². The zero-order valence-corrected chi connectivity index (χ0v) is 18.0. The van der Waals surface area contributed by atoms with E-state index in [0.717, 1.165) is 75.2 Å². The lowest BCUT2D eigenvalue weighted by molar-refractivity contribution is -0.133. The highest BCUT2D eigenvalue weighted by atomic mass is 35.5. The van der Waals surface area contributed by atoms with Crippen LogP contribution < -0.4 is 5.73 Å². The van der Waals surface area contributed by atoms with Crippen LogP contribution in [0.2, 0.25) is 0 Å². The van der Waals surface area contributed by atoms with Crippen LogP contribution in [0.4, 0.5) is 0 Å². The number of aromatic amines is 1. The Labute approximate surface area is 179 Å². The van der Waals surface area contributed by atoms with E-state index in [1.165, 1.54) is 0 Å². The molecule has 1 amide bonds. The first-order valence-corrected chi connectivity index (χ1v) is 10.3. The third-order valence-electron chi connectivity index (χ3n) is 5.58. The van der Waals surface area contributed by atoms with Gasteiger partial charge in [-0.3, -0.25) is 9.89 Å². The molecule has 1 aromatic heterocycles. The number of ether oxygens (including phenoxy) is 1. The minimum atomic E-state index is -0.393. The van der Waals surface area contributed by atoms with Gasteiger partial charge in [0, 0.05) is 38.1 Å². The molecule has 0 spiro atoms. The van der Waals surface area contributed by atoms with Crippen LogP contribution in [0.3, 0.4) is 0 Å². The molecule has 1 fully saturated rings. The van der Waals surface area contributed by atoms with Crippen LogP contribution in [0.5, 0.6) is 0 Å². The maximum Gasteiger partial charge on any atom is 0.239 e. The fourth-order valence-corrected chi connectivity index (χ4v) is 3.73. The van der Waals surface area contributed by atoms with Crippen molar-refractivity contribution < 1.29 is 9.53 Å². The van der Waals surface area contributed by atoms with Gasteiger partial charge in [-0.25, -0.2) is 0 Å². The van der Waals surface area contributed by atoms with Crippen molar-refractivity contribution in [3.05, 3.63) is 42.1 Å². The molecule has 0 aliphatic carbocycles. The number of carbonyl (C=O) groups is 1. The summed E-state index contributed by atoms with van der Waals surface area (Å²) in [6.07, 6.45) is 5.88. The molecular weight excluding hydrogens is 388 g/mol. The molecule has 0 saturated carbocycles. The number of halogens is 1. The summed E-state index contributed by atoms with van der Waals surface area (Å²) in [5.41, 5.74) is 9.47. The minimum absolute atomic E-state index is 0. The lowest BCUT2D eigenvalue weighted by atomic mass is 9.91. The Morgan fingerprint density at radius 1 is 1.24 bits per heavy atom. The van der Waals surface area contributed by atoms with Gasteiger partial charge in [0.15, 0.2) is 0 Å². The summed E-state index contributed by atoms with van der Waals surface area (Å²) in [6, 6.07) is 11.9. The topological polar surface area (TPSA) is 84.2 Å². The molecule has 1 aliphatic heterocycles. The predicted octanol–water partition coefficient (Wildman–Crippen LogP) is 3.42. The van der Waals surface area contributed by atoms with E-state index in [4.69, 9.17) is 10.5 Å². The van der Waals surface area contributed by atoms with E-state index in [9.17, 15) is 4.79 Å². The van der Waals surface area contributed by atoms with E-state index >= 15 is 0 Å². The normalized spacial score (nSPS) is 15.5. The molecule has 0 bridgehead atoms. The average Bonchev–Trinajstić information content (AvgIpc) is 3.22. The van der Waals surface area contributed by atoms with Gasteiger partial charge in [0.25, 0.3) is 0 Å². The second-order valence-electron chi connectivity index (χ2n) is 7.69. The highest BCUT2D eigenvalue weighted by molar-refractivity contribution is 5.85. The van der Waals surface area contributed by atoms with E-state index in [2.05, 4.69) is 28.4 Å². The van der Waals surface area contributed by atoms with Crippen LogP contribution in [0.15, 0.2) is 36.4 Å². The Bertz CT molecular complexity index is 731.